The number of hydrogen-bond donors (Lipinski definition) is 2. The van der Waals surface area contributed by atoms with E-state index in [1.54, 1.807) is 24.3 Å². The molecule has 1 atom stereocenters. The van der Waals surface area contributed by atoms with Gasteiger partial charge in [0.1, 0.15) is 0 Å². The van der Waals surface area contributed by atoms with Crippen LogP contribution in [0, 0.1) is 0 Å². The maximum absolute atomic E-state index is 12.5. The number of rotatable bonds is 4. The van der Waals surface area contributed by atoms with Crippen LogP contribution in [-0.4, -0.2) is 16.8 Å². The monoisotopic (exact) mass is 377 g/mol. The van der Waals surface area contributed by atoms with E-state index in [9.17, 15) is 14.7 Å². The van der Waals surface area contributed by atoms with Crippen LogP contribution in [0.3, 0.4) is 0 Å². The third-order valence-electron chi connectivity index (χ3n) is 4.75. The van der Waals surface area contributed by atoms with Crippen molar-refractivity contribution in [3.8, 4) is 0 Å². The highest BCUT2D eigenvalue weighted by molar-refractivity contribution is 6.33. The van der Waals surface area contributed by atoms with Crippen LogP contribution in [0.2, 0.25) is 5.02 Å². The van der Waals surface area contributed by atoms with Crippen molar-refractivity contribution >= 4 is 45.8 Å². The normalized spacial score (nSPS) is 18.7. The van der Waals surface area contributed by atoms with E-state index >= 15 is 0 Å². The minimum Gasteiger partial charge on any atom is -0.375 e. The first-order valence-electron chi connectivity index (χ1n) is 8.50. The summed E-state index contributed by atoms with van der Waals surface area (Å²) >= 11 is 6.16. The summed E-state index contributed by atoms with van der Waals surface area (Å²) in [6.07, 6.45) is 2.72. The van der Waals surface area contributed by atoms with Crippen molar-refractivity contribution in [3.63, 3.8) is 0 Å². The molecule has 0 aromatic heterocycles. The first-order valence-corrected chi connectivity index (χ1v) is 8.88. The molecule has 1 amide bonds. The van der Waals surface area contributed by atoms with Crippen molar-refractivity contribution in [1.29, 1.82) is 0 Å². The molecule has 3 aromatic rings. The van der Waals surface area contributed by atoms with Crippen LogP contribution < -0.4 is 5.32 Å². The molecule has 1 aliphatic heterocycles. The number of allylic oxidation sites excluding steroid dienone is 1. The van der Waals surface area contributed by atoms with Gasteiger partial charge in [-0.2, -0.15) is 0 Å². The van der Waals surface area contributed by atoms with Crippen molar-refractivity contribution in [2.45, 2.75) is 12.0 Å². The first-order chi connectivity index (χ1) is 13.0. The highest BCUT2D eigenvalue weighted by atomic mass is 35.5. The van der Waals surface area contributed by atoms with E-state index in [1.165, 1.54) is 6.08 Å². The Kier molecular flexibility index (Phi) is 4.30. The summed E-state index contributed by atoms with van der Waals surface area (Å²) < 4.78 is 0. The molecule has 1 aliphatic rings. The lowest BCUT2D eigenvalue weighted by atomic mass is 9.89. The summed E-state index contributed by atoms with van der Waals surface area (Å²) in [5.74, 6) is -1.01. The molecule has 0 fully saturated rings. The summed E-state index contributed by atoms with van der Waals surface area (Å²) in [6, 6.07) is 18.6. The standard InChI is InChI=1S/C22H16ClNO3/c23-18-9-4-10-19-20(18)22(27,21(26)24-19)13-16(25)12-11-15-7-3-6-14-5-1-2-8-17(14)15/h1-12,27H,13H2,(H,24,26)/b12-11+/t22-/m0/s1. The number of carbonyl (C=O) groups excluding carboxylic acids is 2. The van der Waals surface area contributed by atoms with E-state index in [2.05, 4.69) is 5.32 Å². The molecule has 0 spiro atoms. The summed E-state index contributed by atoms with van der Waals surface area (Å²) in [7, 11) is 0. The van der Waals surface area contributed by atoms with E-state index in [4.69, 9.17) is 11.6 Å². The topological polar surface area (TPSA) is 66.4 Å². The highest BCUT2D eigenvalue weighted by Crippen LogP contribution is 2.42. The van der Waals surface area contributed by atoms with Crippen LogP contribution in [0.1, 0.15) is 17.5 Å². The van der Waals surface area contributed by atoms with E-state index in [0.717, 1.165) is 16.3 Å². The Bertz CT molecular complexity index is 1100. The number of hydrogen-bond acceptors (Lipinski definition) is 3. The summed E-state index contributed by atoms with van der Waals surface area (Å²) in [6.45, 7) is 0. The maximum atomic E-state index is 12.5. The van der Waals surface area contributed by atoms with Gasteiger partial charge >= 0.3 is 0 Å². The average Bonchev–Trinajstić information content (AvgIpc) is 2.91. The predicted molar refractivity (Wildman–Crippen MR) is 107 cm³/mol. The molecule has 1 heterocycles. The Hall–Kier alpha value is -2.95. The molecule has 0 radical (unpaired) electrons. The second-order valence-electron chi connectivity index (χ2n) is 6.52. The second kappa shape index (κ2) is 6.65. The van der Waals surface area contributed by atoms with Crippen LogP contribution in [0.25, 0.3) is 16.8 Å². The molecule has 0 unspecified atom stereocenters. The van der Waals surface area contributed by atoms with Gasteiger partial charge in [-0.1, -0.05) is 66.2 Å². The lowest BCUT2D eigenvalue weighted by Gasteiger charge is -2.20. The van der Waals surface area contributed by atoms with Crippen molar-refractivity contribution in [2.75, 3.05) is 5.32 Å². The number of fused-ring (bicyclic) bond motifs is 2. The fourth-order valence-electron chi connectivity index (χ4n) is 3.45. The molecule has 4 nitrogen and oxygen atoms in total. The van der Waals surface area contributed by atoms with Crippen LogP contribution in [0.15, 0.2) is 66.7 Å². The zero-order chi connectivity index (χ0) is 19.0. The molecular formula is C22H16ClNO3. The van der Waals surface area contributed by atoms with E-state index in [0.29, 0.717) is 5.69 Å². The third-order valence-corrected chi connectivity index (χ3v) is 5.07. The number of ketones is 1. The lowest BCUT2D eigenvalue weighted by molar-refractivity contribution is -0.138. The van der Waals surface area contributed by atoms with Gasteiger partial charge in [-0.25, -0.2) is 0 Å². The van der Waals surface area contributed by atoms with Crippen molar-refractivity contribution in [1.82, 2.24) is 0 Å². The minimum absolute atomic E-state index is 0.249. The summed E-state index contributed by atoms with van der Waals surface area (Å²) in [4.78, 5) is 24.8. The summed E-state index contributed by atoms with van der Waals surface area (Å²) in [5.41, 5.74) is -0.388. The SMILES string of the molecule is O=C(/C=C/c1cccc2ccccc12)C[C@@]1(O)C(=O)Nc2cccc(Cl)c21. The Balaban J connectivity index is 1.62. The van der Waals surface area contributed by atoms with E-state index < -0.39 is 11.5 Å². The fourth-order valence-corrected chi connectivity index (χ4v) is 3.78. The fraction of sp³-hybridized carbons (Fsp3) is 0.0909. The zero-order valence-electron chi connectivity index (χ0n) is 14.3. The molecule has 5 heteroatoms. The largest absolute Gasteiger partial charge is 0.375 e. The zero-order valence-corrected chi connectivity index (χ0v) is 15.0. The van der Waals surface area contributed by atoms with Gasteiger partial charge in [0.05, 0.1) is 6.42 Å². The maximum Gasteiger partial charge on any atom is 0.261 e. The number of amides is 1. The smallest absolute Gasteiger partial charge is 0.261 e. The molecule has 134 valence electrons. The number of aliphatic hydroxyl groups is 1. The molecule has 0 bridgehead atoms. The molecule has 0 saturated heterocycles. The van der Waals surface area contributed by atoms with Crippen LogP contribution in [0.5, 0.6) is 0 Å². The second-order valence-corrected chi connectivity index (χ2v) is 6.93. The lowest BCUT2D eigenvalue weighted by Crippen LogP contribution is -2.36. The highest BCUT2D eigenvalue weighted by Gasteiger charge is 2.47. The van der Waals surface area contributed by atoms with Crippen LogP contribution in [0.4, 0.5) is 5.69 Å². The molecule has 4 rings (SSSR count). The molecular weight excluding hydrogens is 362 g/mol. The van der Waals surface area contributed by atoms with Crippen molar-refractivity contribution < 1.29 is 14.7 Å². The number of halogens is 1. The number of anilines is 1. The van der Waals surface area contributed by atoms with Gasteiger partial charge in [0.2, 0.25) is 0 Å². The Morgan fingerprint density at radius 1 is 1.07 bits per heavy atom. The van der Waals surface area contributed by atoms with Gasteiger partial charge in [-0.05, 0) is 34.5 Å². The minimum atomic E-state index is -1.96. The average molecular weight is 378 g/mol. The predicted octanol–water partition coefficient (Wildman–Crippen LogP) is 4.31. The molecule has 2 N–H and O–H groups in total. The van der Waals surface area contributed by atoms with Gasteiger partial charge in [0.15, 0.2) is 11.4 Å². The number of carbonyl (C=O) groups is 2. The van der Waals surface area contributed by atoms with Crippen LogP contribution in [-0.2, 0) is 15.2 Å². The van der Waals surface area contributed by atoms with E-state index in [-0.39, 0.29) is 22.8 Å². The number of benzene rings is 3. The van der Waals surface area contributed by atoms with Gasteiger partial charge in [-0.15, -0.1) is 0 Å². The van der Waals surface area contributed by atoms with E-state index in [1.807, 2.05) is 42.5 Å². The molecule has 3 aromatic carbocycles. The van der Waals surface area contributed by atoms with Gasteiger partial charge in [-0.3, -0.25) is 9.59 Å². The first kappa shape index (κ1) is 17.5. The molecule has 27 heavy (non-hydrogen) atoms. The quantitative estimate of drug-likeness (QED) is 0.666. The molecule has 0 aliphatic carbocycles. The Morgan fingerprint density at radius 3 is 2.67 bits per heavy atom. The Labute approximate surface area is 161 Å². The van der Waals surface area contributed by atoms with Gasteiger partial charge in [0.25, 0.3) is 5.91 Å². The third kappa shape index (κ3) is 3.03. The Morgan fingerprint density at radius 2 is 1.81 bits per heavy atom. The van der Waals surface area contributed by atoms with Gasteiger partial charge in [0, 0.05) is 16.3 Å². The van der Waals surface area contributed by atoms with Crippen LogP contribution >= 0.6 is 11.6 Å². The number of nitrogens with one attached hydrogen (secondary N) is 1. The van der Waals surface area contributed by atoms with Crippen molar-refractivity contribution in [3.05, 3.63) is 82.9 Å². The van der Waals surface area contributed by atoms with Gasteiger partial charge < -0.3 is 10.4 Å². The molecule has 0 saturated carbocycles. The summed E-state index contributed by atoms with van der Waals surface area (Å²) in [5, 5.41) is 15.8. The van der Waals surface area contributed by atoms with Crippen molar-refractivity contribution in [2.24, 2.45) is 0 Å².